The fourth-order valence-corrected chi connectivity index (χ4v) is 4.92. The first-order chi connectivity index (χ1) is 14.2. The van der Waals surface area contributed by atoms with Crippen LogP contribution >= 0.6 is 11.3 Å². The average Bonchev–Trinajstić information content (AvgIpc) is 3.20. The van der Waals surface area contributed by atoms with Crippen LogP contribution in [0.5, 0.6) is 5.75 Å². The maximum atomic E-state index is 12.8. The Kier molecular flexibility index (Phi) is 4.73. The van der Waals surface area contributed by atoms with E-state index in [1.165, 1.54) is 17.0 Å². The predicted molar refractivity (Wildman–Crippen MR) is 118 cm³/mol. The van der Waals surface area contributed by atoms with Gasteiger partial charge in [0.05, 0.1) is 4.88 Å². The number of carbonyl (C=O) groups excluding carboxylic acids is 1. The van der Waals surface area contributed by atoms with E-state index in [0.29, 0.717) is 11.5 Å². The third-order valence-electron chi connectivity index (χ3n) is 5.54. The number of hydrogen-bond acceptors (Lipinski definition) is 5. The zero-order valence-corrected chi connectivity index (χ0v) is 17.2. The third kappa shape index (κ3) is 3.61. The molecular formula is C23H23N3O2S. The molecule has 0 bridgehead atoms. The summed E-state index contributed by atoms with van der Waals surface area (Å²) in [6.45, 7) is 4.73. The molecule has 148 valence electrons. The molecular weight excluding hydrogens is 382 g/mol. The maximum Gasteiger partial charge on any atom is 0.265 e. The molecule has 0 unspecified atom stereocenters. The van der Waals surface area contributed by atoms with E-state index in [0.717, 1.165) is 53.6 Å². The van der Waals surface area contributed by atoms with Gasteiger partial charge in [-0.2, -0.15) is 0 Å². The van der Waals surface area contributed by atoms with Crippen LogP contribution in [0.2, 0.25) is 0 Å². The Bertz CT molecular complexity index is 1040. The largest absolute Gasteiger partial charge is 0.488 e. The highest BCUT2D eigenvalue weighted by molar-refractivity contribution is 7.17. The van der Waals surface area contributed by atoms with Crippen molar-refractivity contribution < 1.29 is 9.53 Å². The van der Waals surface area contributed by atoms with E-state index >= 15 is 0 Å². The van der Waals surface area contributed by atoms with Crippen LogP contribution in [0.15, 0.2) is 54.6 Å². The predicted octanol–water partition coefficient (Wildman–Crippen LogP) is 4.31. The second kappa shape index (κ2) is 7.54. The minimum atomic E-state index is -0.0748. The van der Waals surface area contributed by atoms with E-state index in [1.807, 2.05) is 42.5 Å². The second-order valence-corrected chi connectivity index (χ2v) is 8.59. The maximum absolute atomic E-state index is 12.8. The molecule has 0 saturated carbocycles. The molecule has 3 heterocycles. The first kappa shape index (κ1) is 18.2. The number of piperazine rings is 1. The lowest BCUT2D eigenvalue weighted by Gasteiger charge is -2.34. The van der Waals surface area contributed by atoms with Crippen LogP contribution in [0.25, 0.3) is 10.4 Å². The second-order valence-electron chi connectivity index (χ2n) is 7.54. The first-order valence-corrected chi connectivity index (χ1v) is 10.7. The monoisotopic (exact) mass is 405 g/mol. The molecule has 1 N–H and O–H groups in total. The lowest BCUT2D eigenvalue weighted by Crippen LogP contribution is -2.44. The number of fused-ring (bicyclic) bond motifs is 3. The number of nitrogens with zero attached hydrogens (tertiary/aromatic N) is 2. The van der Waals surface area contributed by atoms with Gasteiger partial charge in [0.1, 0.15) is 12.4 Å². The van der Waals surface area contributed by atoms with Crippen LogP contribution in [0.4, 0.5) is 11.4 Å². The van der Waals surface area contributed by atoms with Gasteiger partial charge in [-0.25, -0.2) is 0 Å². The summed E-state index contributed by atoms with van der Waals surface area (Å²) in [6.07, 6.45) is 0. The van der Waals surface area contributed by atoms with Crippen molar-refractivity contribution in [3.8, 4) is 16.2 Å². The summed E-state index contributed by atoms with van der Waals surface area (Å²) in [7, 11) is 2.16. The molecule has 0 radical (unpaired) electrons. The highest BCUT2D eigenvalue weighted by Crippen LogP contribution is 2.42. The summed E-state index contributed by atoms with van der Waals surface area (Å²) in [5.74, 6) is 0.808. The molecule has 0 spiro atoms. The van der Waals surface area contributed by atoms with Gasteiger partial charge in [0.2, 0.25) is 0 Å². The number of para-hydroxylation sites is 1. The Labute approximate surface area is 174 Å². The summed E-state index contributed by atoms with van der Waals surface area (Å²) in [5.41, 5.74) is 4.16. The SMILES string of the molecule is CN1CCN(c2ccc(NC(=O)c3cc4c(s3)-c3ccccc3OC4)cc2)CC1. The Balaban J connectivity index is 1.30. The van der Waals surface area contributed by atoms with Crippen molar-refractivity contribution in [2.24, 2.45) is 0 Å². The highest BCUT2D eigenvalue weighted by atomic mass is 32.1. The molecule has 2 aromatic carbocycles. The summed E-state index contributed by atoms with van der Waals surface area (Å²) in [5, 5.41) is 3.03. The summed E-state index contributed by atoms with van der Waals surface area (Å²) in [6, 6.07) is 18.1. The van der Waals surface area contributed by atoms with E-state index < -0.39 is 0 Å². The standard InChI is InChI=1S/C23H23N3O2S/c1-25-10-12-26(13-11-25)18-8-6-17(7-9-18)24-23(27)21-14-16-15-28-20-5-3-2-4-19(20)22(16)29-21/h2-9,14H,10-13,15H2,1H3,(H,24,27). The molecule has 6 heteroatoms. The number of benzene rings is 2. The molecule has 0 aliphatic carbocycles. The number of rotatable bonds is 3. The fraction of sp³-hybridized carbons (Fsp3) is 0.261. The van der Waals surface area contributed by atoms with Crippen LogP contribution < -0.4 is 15.0 Å². The number of ether oxygens (including phenoxy) is 1. The topological polar surface area (TPSA) is 44.8 Å². The van der Waals surface area contributed by atoms with Crippen molar-refractivity contribution in [3.63, 3.8) is 0 Å². The summed E-state index contributed by atoms with van der Waals surface area (Å²) < 4.78 is 5.81. The first-order valence-electron chi connectivity index (χ1n) is 9.87. The minimum absolute atomic E-state index is 0.0748. The van der Waals surface area contributed by atoms with E-state index in [4.69, 9.17) is 4.74 Å². The Morgan fingerprint density at radius 1 is 1.03 bits per heavy atom. The minimum Gasteiger partial charge on any atom is -0.488 e. The van der Waals surface area contributed by atoms with E-state index in [9.17, 15) is 4.79 Å². The quantitative estimate of drug-likeness (QED) is 0.705. The molecule has 29 heavy (non-hydrogen) atoms. The number of hydrogen-bond donors (Lipinski definition) is 1. The van der Waals surface area contributed by atoms with E-state index in [2.05, 4.69) is 34.3 Å². The molecule has 1 saturated heterocycles. The lowest BCUT2D eigenvalue weighted by molar-refractivity contribution is 0.103. The number of carbonyl (C=O) groups is 1. The molecule has 5 nitrogen and oxygen atoms in total. The van der Waals surface area contributed by atoms with Crippen molar-refractivity contribution >= 4 is 28.6 Å². The van der Waals surface area contributed by atoms with Gasteiger partial charge in [0.25, 0.3) is 5.91 Å². The van der Waals surface area contributed by atoms with Gasteiger partial charge in [-0.05, 0) is 49.5 Å². The molecule has 2 aliphatic rings. The zero-order chi connectivity index (χ0) is 19.8. The van der Waals surface area contributed by atoms with Crippen molar-refractivity contribution in [2.75, 3.05) is 43.4 Å². The molecule has 3 aromatic rings. The average molecular weight is 406 g/mol. The zero-order valence-electron chi connectivity index (χ0n) is 16.4. The molecule has 1 aromatic heterocycles. The van der Waals surface area contributed by atoms with Gasteiger partial charge in [-0.1, -0.05) is 12.1 Å². The van der Waals surface area contributed by atoms with Crippen LogP contribution in [-0.2, 0) is 6.61 Å². The van der Waals surface area contributed by atoms with E-state index in [-0.39, 0.29) is 5.91 Å². The Morgan fingerprint density at radius 2 is 1.79 bits per heavy atom. The molecule has 5 rings (SSSR count). The third-order valence-corrected chi connectivity index (χ3v) is 6.75. The van der Waals surface area contributed by atoms with E-state index in [1.54, 1.807) is 0 Å². The number of anilines is 2. The molecule has 2 aliphatic heterocycles. The van der Waals surface area contributed by atoms with Crippen molar-refractivity contribution in [2.45, 2.75) is 6.61 Å². The number of thiophene rings is 1. The smallest absolute Gasteiger partial charge is 0.265 e. The molecule has 1 fully saturated rings. The summed E-state index contributed by atoms with van der Waals surface area (Å²) in [4.78, 5) is 19.4. The van der Waals surface area contributed by atoms with Gasteiger partial charge in [-0.3, -0.25) is 4.79 Å². The van der Waals surface area contributed by atoms with Crippen LogP contribution in [0, 0.1) is 0 Å². The van der Waals surface area contributed by atoms with Gasteiger partial charge in [-0.15, -0.1) is 11.3 Å². The van der Waals surface area contributed by atoms with Crippen molar-refractivity contribution in [1.29, 1.82) is 0 Å². The lowest BCUT2D eigenvalue weighted by atomic mass is 10.1. The van der Waals surface area contributed by atoms with Crippen LogP contribution in [0.3, 0.4) is 0 Å². The van der Waals surface area contributed by atoms with Crippen molar-refractivity contribution in [3.05, 3.63) is 65.0 Å². The van der Waals surface area contributed by atoms with Gasteiger partial charge in [0, 0.05) is 53.6 Å². The van der Waals surface area contributed by atoms with Crippen molar-refractivity contribution in [1.82, 2.24) is 4.90 Å². The fourth-order valence-electron chi connectivity index (χ4n) is 3.82. The van der Waals surface area contributed by atoms with Gasteiger partial charge in [0.15, 0.2) is 0 Å². The number of nitrogens with one attached hydrogen (secondary N) is 1. The Hall–Kier alpha value is -2.83. The van der Waals surface area contributed by atoms with Crippen LogP contribution in [-0.4, -0.2) is 44.0 Å². The van der Waals surface area contributed by atoms with Crippen LogP contribution in [0.1, 0.15) is 15.2 Å². The highest BCUT2D eigenvalue weighted by Gasteiger charge is 2.22. The molecule has 1 amide bonds. The van der Waals surface area contributed by atoms with Gasteiger partial charge >= 0.3 is 0 Å². The normalized spacial score (nSPS) is 16.0. The summed E-state index contributed by atoms with van der Waals surface area (Å²) >= 11 is 1.53. The Morgan fingerprint density at radius 3 is 2.59 bits per heavy atom. The molecule has 0 atom stereocenters. The van der Waals surface area contributed by atoms with Gasteiger partial charge < -0.3 is 19.9 Å². The number of amides is 1. The number of likely N-dealkylation sites (N-methyl/N-ethyl adjacent to an activating group) is 1.